The Bertz CT molecular complexity index is 511. The molecule has 0 unspecified atom stereocenters. The molecule has 0 radical (unpaired) electrons. The van der Waals surface area contributed by atoms with Crippen LogP contribution >= 0.6 is 0 Å². The van der Waals surface area contributed by atoms with Gasteiger partial charge in [-0.15, -0.1) is 13.2 Å². The molecule has 0 amide bonds. The lowest BCUT2D eigenvalue weighted by molar-refractivity contribution is 0.474. The van der Waals surface area contributed by atoms with Crippen LogP contribution in [-0.2, 0) is 16.4 Å². The number of sulfonamides is 1. The summed E-state index contributed by atoms with van der Waals surface area (Å²) in [7, 11) is -3.50. The molecular formula is C14H20N2O2S. The summed E-state index contributed by atoms with van der Waals surface area (Å²) in [5.41, 5.74) is 6.49. The highest BCUT2D eigenvalue weighted by molar-refractivity contribution is 7.89. The predicted molar refractivity (Wildman–Crippen MR) is 78.4 cm³/mol. The van der Waals surface area contributed by atoms with Gasteiger partial charge in [0.25, 0.3) is 0 Å². The van der Waals surface area contributed by atoms with E-state index in [2.05, 4.69) is 13.2 Å². The first-order valence-electron chi connectivity index (χ1n) is 6.07. The summed E-state index contributed by atoms with van der Waals surface area (Å²) in [6.07, 6.45) is 3.86. The second kappa shape index (κ2) is 7.23. The van der Waals surface area contributed by atoms with E-state index in [9.17, 15) is 8.42 Å². The number of nitrogens with two attached hydrogens (primary N) is 1. The van der Waals surface area contributed by atoms with Gasteiger partial charge in [0.05, 0.1) is 4.90 Å². The zero-order valence-corrected chi connectivity index (χ0v) is 11.8. The van der Waals surface area contributed by atoms with E-state index in [0.717, 1.165) is 12.0 Å². The molecule has 19 heavy (non-hydrogen) atoms. The molecule has 0 atom stereocenters. The first-order chi connectivity index (χ1) is 9.06. The molecule has 104 valence electrons. The molecule has 0 heterocycles. The zero-order valence-electron chi connectivity index (χ0n) is 11.0. The Morgan fingerprint density at radius 1 is 1.11 bits per heavy atom. The van der Waals surface area contributed by atoms with E-state index in [-0.39, 0.29) is 18.0 Å². The normalized spacial score (nSPS) is 11.5. The maximum atomic E-state index is 12.4. The minimum Gasteiger partial charge on any atom is -0.330 e. The molecule has 0 aliphatic rings. The van der Waals surface area contributed by atoms with Gasteiger partial charge in [0.15, 0.2) is 0 Å². The van der Waals surface area contributed by atoms with Crippen molar-refractivity contribution in [1.82, 2.24) is 4.31 Å². The molecule has 0 fully saturated rings. The summed E-state index contributed by atoms with van der Waals surface area (Å²) in [6.45, 7) is 8.22. The van der Waals surface area contributed by atoms with Crippen molar-refractivity contribution in [2.45, 2.75) is 11.3 Å². The van der Waals surface area contributed by atoms with Crippen LogP contribution in [-0.4, -0.2) is 32.4 Å². The second-order valence-electron chi connectivity index (χ2n) is 4.08. The maximum Gasteiger partial charge on any atom is 0.243 e. The molecule has 0 aliphatic heterocycles. The van der Waals surface area contributed by atoms with Gasteiger partial charge in [-0.3, -0.25) is 0 Å². The number of hydrogen-bond acceptors (Lipinski definition) is 3. The average molecular weight is 280 g/mol. The Hall–Kier alpha value is -1.43. The fourth-order valence-electron chi connectivity index (χ4n) is 1.70. The van der Waals surface area contributed by atoms with Crippen molar-refractivity contribution in [3.8, 4) is 0 Å². The summed E-state index contributed by atoms with van der Waals surface area (Å²) in [5, 5.41) is 0. The minimum atomic E-state index is -3.50. The number of benzene rings is 1. The summed E-state index contributed by atoms with van der Waals surface area (Å²) in [5.74, 6) is 0. The van der Waals surface area contributed by atoms with Gasteiger partial charge in [-0.25, -0.2) is 8.42 Å². The van der Waals surface area contributed by atoms with Gasteiger partial charge in [-0.05, 0) is 30.7 Å². The third kappa shape index (κ3) is 4.02. The van der Waals surface area contributed by atoms with Crippen LogP contribution in [0.2, 0.25) is 0 Å². The Balaban J connectivity index is 3.03. The Morgan fingerprint density at radius 2 is 1.63 bits per heavy atom. The van der Waals surface area contributed by atoms with E-state index in [4.69, 9.17) is 5.73 Å². The summed E-state index contributed by atoms with van der Waals surface area (Å²) in [6, 6.07) is 6.80. The Morgan fingerprint density at radius 3 is 2.05 bits per heavy atom. The smallest absolute Gasteiger partial charge is 0.243 e. The van der Waals surface area contributed by atoms with Crippen molar-refractivity contribution >= 4 is 10.0 Å². The highest BCUT2D eigenvalue weighted by atomic mass is 32.2. The van der Waals surface area contributed by atoms with Crippen LogP contribution in [0, 0.1) is 0 Å². The van der Waals surface area contributed by atoms with E-state index in [0.29, 0.717) is 6.54 Å². The van der Waals surface area contributed by atoms with Gasteiger partial charge >= 0.3 is 0 Å². The lowest BCUT2D eigenvalue weighted by Gasteiger charge is -2.19. The van der Waals surface area contributed by atoms with Crippen LogP contribution in [0.15, 0.2) is 54.5 Å². The Kier molecular flexibility index (Phi) is 5.95. The van der Waals surface area contributed by atoms with Crippen LogP contribution in [0.4, 0.5) is 0 Å². The molecule has 1 aromatic rings. The lowest BCUT2D eigenvalue weighted by Crippen LogP contribution is -2.31. The molecule has 0 aliphatic carbocycles. The monoisotopic (exact) mass is 280 g/mol. The van der Waals surface area contributed by atoms with Crippen LogP contribution in [0.5, 0.6) is 0 Å². The van der Waals surface area contributed by atoms with Crippen LogP contribution in [0.1, 0.15) is 5.56 Å². The standard InChI is InChI=1S/C14H20N2O2S/c1-3-11-16(12-4-2)19(17,18)14-7-5-13(6-8-14)9-10-15/h3-8H,1-2,9-12,15H2. The van der Waals surface area contributed by atoms with Crippen molar-refractivity contribution in [2.75, 3.05) is 19.6 Å². The fraction of sp³-hybridized carbons (Fsp3) is 0.286. The first-order valence-corrected chi connectivity index (χ1v) is 7.51. The lowest BCUT2D eigenvalue weighted by atomic mass is 10.2. The number of hydrogen-bond donors (Lipinski definition) is 1. The van der Waals surface area contributed by atoms with Gasteiger partial charge in [-0.2, -0.15) is 4.31 Å². The largest absolute Gasteiger partial charge is 0.330 e. The molecule has 5 heteroatoms. The molecule has 0 saturated carbocycles. The third-order valence-corrected chi connectivity index (χ3v) is 4.51. The van der Waals surface area contributed by atoms with Crippen molar-refractivity contribution in [1.29, 1.82) is 0 Å². The van der Waals surface area contributed by atoms with Gasteiger partial charge in [-0.1, -0.05) is 24.3 Å². The topological polar surface area (TPSA) is 63.4 Å². The molecule has 0 saturated heterocycles. The van der Waals surface area contributed by atoms with E-state index >= 15 is 0 Å². The van der Waals surface area contributed by atoms with Crippen LogP contribution in [0.25, 0.3) is 0 Å². The highest BCUT2D eigenvalue weighted by Gasteiger charge is 2.21. The van der Waals surface area contributed by atoms with E-state index < -0.39 is 10.0 Å². The highest BCUT2D eigenvalue weighted by Crippen LogP contribution is 2.16. The number of rotatable bonds is 8. The Labute approximate surface area is 115 Å². The summed E-state index contributed by atoms with van der Waals surface area (Å²) >= 11 is 0. The van der Waals surface area contributed by atoms with E-state index in [1.165, 1.54) is 4.31 Å². The molecule has 0 aromatic heterocycles. The quantitative estimate of drug-likeness (QED) is 0.735. The summed E-state index contributed by atoms with van der Waals surface area (Å²) in [4.78, 5) is 0.275. The molecular weight excluding hydrogens is 260 g/mol. The van der Waals surface area contributed by atoms with Crippen molar-refractivity contribution in [3.05, 3.63) is 55.1 Å². The van der Waals surface area contributed by atoms with Crippen molar-refractivity contribution < 1.29 is 8.42 Å². The van der Waals surface area contributed by atoms with E-state index in [1.807, 2.05) is 0 Å². The van der Waals surface area contributed by atoms with Crippen LogP contribution in [0.3, 0.4) is 0 Å². The molecule has 1 rings (SSSR count). The third-order valence-electron chi connectivity index (χ3n) is 2.66. The predicted octanol–water partition coefficient (Wildman–Crippen LogP) is 1.55. The molecule has 1 aromatic carbocycles. The average Bonchev–Trinajstić information content (AvgIpc) is 2.39. The molecule has 2 N–H and O–H groups in total. The molecule has 4 nitrogen and oxygen atoms in total. The molecule has 0 spiro atoms. The van der Waals surface area contributed by atoms with Gasteiger partial charge in [0.2, 0.25) is 10.0 Å². The minimum absolute atomic E-state index is 0.263. The van der Waals surface area contributed by atoms with Gasteiger partial charge in [0, 0.05) is 13.1 Å². The van der Waals surface area contributed by atoms with Crippen molar-refractivity contribution in [3.63, 3.8) is 0 Å². The maximum absolute atomic E-state index is 12.4. The van der Waals surface area contributed by atoms with Gasteiger partial charge < -0.3 is 5.73 Å². The SMILES string of the molecule is C=CCN(CC=C)S(=O)(=O)c1ccc(CCN)cc1. The zero-order chi connectivity index (χ0) is 14.3. The van der Waals surface area contributed by atoms with Gasteiger partial charge in [0.1, 0.15) is 0 Å². The molecule has 0 bridgehead atoms. The second-order valence-corrected chi connectivity index (χ2v) is 6.02. The number of nitrogens with zero attached hydrogens (tertiary/aromatic N) is 1. The first kappa shape index (κ1) is 15.6. The van der Waals surface area contributed by atoms with E-state index in [1.54, 1.807) is 36.4 Å². The van der Waals surface area contributed by atoms with Crippen molar-refractivity contribution in [2.24, 2.45) is 5.73 Å². The fourth-order valence-corrected chi connectivity index (χ4v) is 3.08. The summed E-state index contributed by atoms with van der Waals surface area (Å²) < 4.78 is 26.1. The van der Waals surface area contributed by atoms with Crippen LogP contribution < -0.4 is 5.73 Å².